The molecule has 7 nitrogen and oxygen atoms in total. The zero-order valence-electron chi connectivity index (χ0n) is 15.4. The van der Waals surface area contributed by atoms with E-state index in [1.165, 1.54) is 37.3 Å². The number of sulfone groups is 1. The molecule has 0 aromatic heterocycles. The molecule has 0 aliphatic rings. The van der Waals surface area contributed by atoms with Gasteiger partial charge in [-0.15, -0.1) is 0 Å². The Morgan fingerprint density at radius 2 is 1.75 bits per heavy atom. The Balaban J connectivity index is 2.13. The number of hydrogen-bond donors (Lipinski definition) is 1. The number of aryl methyl sites for hydroxylation is 1. The van der Waals surface area contributed by atoms with Crippen molar-refractivity contribution in [3.8, 4) is 0 Å². The van der Waals surface area contributed by atoms with Gasteiger partial charge in [-0.25, -0.2) is 17.6 Å². The highest BCUT2D eigenvalue weighted by molar-refractivity contribution is 7.90. The van der Waals surface area contributed by atoms with Gasteiger partial charge in [0.25, 0.3) is 0 Å². The van der Waals surface area contributed by atoms with Gasteiger partial charge in [0.05, 0.1) is 16.0 Å². The molecule has 0 spiro atoms. The second kappa shape index (κ2) is 8.30. The SMILES string of the molecule is CC(=O)Nc1ccc(C(=O)COC(=O)c2cc(S(C)(=O)=O)ccc2C)c(F)c1. The van der Waals surface area contributed by atoms with E-state index >= 15 is 0 Å². The van der Waals surface area contributed by atoms with Crippen molar-refractivity contribution < 1.29 is 31.9 Å². The third kappa shape index (κ3) is 5.23. The largest absolute Gasteiger partial charge is 0.454 e. The van der Waals surface area contributed by atoms with E-state index in [2.05, 4.69) is 5.32 Å². The Hall–Kier alpha value is -3.07. The Morgan fingerprint density at radius 1 is 1.07 bits per heavy atom. The highest BCUT2D eigenvalue weighted by Crippen LogP contribution is 2.18. The first kappa shape index (κ1) is 21.2. The van der Waals surface area contributed by atoms with Crippen molar-refractivity contribution in [2.24, 2.45) is 0 Å². The molecule has 0 bridgehead atoms. The first-order valence-corrected chi connectivity index (χ1v) is 9.96. The number of ether oxygens (including phenoxy) is 1. The second-order valence-electron chi connectivity index (χ2n) is 6.12. The first-order valence-electron chi connectivity index (χ1n) is 8.07. The monoisotopic (exact) mass is 407 g/mol. The van der Waals surface area contributed by atoms with Gasteiger partial charge in [-0.1, -0.05) is 6.07 Å². The molecule has 0 fully saturated rings. The molecule has 2 aromatic carbocycles. The zero-order valence-corrected chi connectivity index (χ0v) is 16.2. The maximum Gasteiger partial charge on any atom is 0.338 e. The van der Waals surface area contributed by atoms with Crippen LogP contribution in [0.1, 0.15) is 33.2 Å². The normalized spacial score (nSPS) is 11.0. The van der Waals surface area contributed by atoms with E-state index in [9.17, 15) is 27.2 Å². The molecule has 9 heteroatoms. The molecule has 148 valence electrons. The molecular formula is C19H18FNO6S. The molecular weight excluding hydrogens is 389 g/mol. The van der Waals surface area contributed by atoms with Gasteiger partial charge in [0.2, 0.25) is 11.7 Å². The Labute approximate surface area is 161 Å². The lowest BCUT2D eigenvalue weighted by atomic mass is 10.1. The van der Waals surface area contributed by atoms with Crippen LogP contribution in [0, 0.1) is 12.7 Å². The summed E-state index contributed by atoms with van der Waals surface area (Å²) in [6, 6.07) is 7.48. The second-order valence-corrected chi connectivity index (χ2v) is 8.14. The number of benzene rings is 2. The smallest absolute Gasteiger partial charge is 0.338 e. The van der Waals surface area contributed by atoms with Crippen LogP contribution < -0.4 is 5.32 Å². The number of rotatable bonds is 6. The highest BCUT2D eigenvalue weighted by atomic mass is 32.2. The summed E-state index contributed by atoms with van der Waals surface area (Å²) in [6.07, 6.45) is 1.00. The number of carbonyl (C=O) groups is 3. The molecule has 0 heterocycles. The lowest BCUT2D eigenvalue weighted by Crippen LogP contribution is -2.17. The molecule has 0 atom stereocenters. The van der Waals surface area contributed by atoms with E-state index in [-0.39, 0.29) is 27.6 Å². The molecule has 1 amide bonds. The van der Waals surface area contributed by atoms with E-state index in [1.807, 2.05) is 0 Å². The van der Waals surface area contributed by atoms with Crippen molar-refractivity contribution >= 4 is 33.2 Å². The molecule has 0 saturated heterocycles. The maximum atomic E-state index is 14.1. The number of anilines is 1. The van der Waals surface area contributed by atoms with Crippen LogP contribution in [0.4, 0.5) is 10.1 Å². The Bertz CT molecular complexity index is 1060. The van der Waals surface area contributed by atoms with Gasteiger partial charge in [0.15, 0.2) is 16.4 Å². The molecule has 0 saturated carbocycles. The van der Waals surface area contributed by atoms with Crippen molar-refractivity contribution in [2.45, 2.75) is 18.7 Å². The van der Waals surface area contributed by atoms with Crippen molar-refractivity contribution in [1.82, 2.24) is 0 Å². The molecule has 0 radical (unpaired) electrons. The molecule has 0 aliphatic heterocycles. The van der Waals surface area contributed by atoms with Crippen LogP contribution in [0.25, 0.3) is 0 Å². The number of Topliss-reactive ketones (excluding diaryl/α,β-unsaturated/α-hetero) is 1. The molecule has 2 aromatic rings. The lowest BCUT2D eigenvalue weighted by Gasteiger charge is -2.09. The van der Waals surface area contributed by atoms with Gasteiger partial charge < -0.3 is 10.1 Å². The van der Waals surface area contributed by atoms with Gasteiger partial charge in [0, 0.05) is 18.9 Å². The van der Waals surface area contributed by atoms with Gasteiger partial charge in [-0.05, 0) is 42.8 Å². The Morgan fingerprint density at radius 3 is 2.32 bits per heavy atom. The summed E-state index contributed by atoms with van der Waals surface area (Å²) < 4.78 is 42.2. The summed E-state index contributed by atoms with van der Waals surface area (Å²) in [7, 11) is -3.52. The first-order chi connectivity index (χ1) is 13.0. The third-order valence-electron chi connectivity index (χ3n) is 3.78. The number of esters is 1. The summed E-state index contributed by atoms with van der Waals surface area (Å²) in [5.74, 6) is -2.94. The van der Waals surface area contributed by atoms with Crippen molar-refractivity contribution in [2.75, 3.05) is 18.2 Å². The van der Waals surface area contributed by atoms with Crippen molar-refractivity contribution in [3.63, 3.8) is 0 Å². The molecule has 2 rings (SSSR count). The summed E-state index contributed by atoms with van der Waals surface area (Å²) in [5.41, 5.74) is 0.350. The summed E-state index contributed by atoms with van der Waals surface area (Å²) >= 11 is 0. The van der Waals surface area contributed by atoms with Crippen molar-refractivity contribution in [3.05, 3.63) is 58.9 Å². The molecule has 0 aliphatic carbocycles. The fourth-order valence-corrected chi connectivity index (χ4v) is 3.01. The van der Waals surface area contributed by atoms with Crippen LogP contribution in [0.2, 0.25) is 0 Å². The van der Waals surface area contributed by atoms with Crippen LogP contribution in [-0.4, -0.2) is 38.9 Å². The number of carbonyl (C=O) groups excluding carboxylic acids is 3. The van der Waals surface area contributed by atoms with Crippen LogP contribution in [0.3, 0.4) is 0 Å². The predicted octanol–water partition coefficient (Wildman–Crippen LogP) is 2.54. The number of ketones is 1. The highest BCUT2D eigenvalue weighted by Gasteiger charge is 2.19. The molecule has 0 unspecified atom stereocenters. The minimum atomic E-state index is -3.52. The van der Waals surface area contributed by atoms with E-state index in [4.69, 9.17) is 4.74 Å². The molecule has 28 heavy (non-hydrogen) atoms. The summed E-state index contributed by atoms with van der Waals surface area (Å²) in [6.45, 7) is 2.12. The average molecular weight is 407 g/mol. The minimum absolute atomic E-state index is 0.00259. The maximum absolute atomic E-state index is 14.1. The fraction of sp³-hybridized carbons (Fsp3) is 0.211. The quantitative estimate of drug-likeness (QED) is 0.583. The molecule has 1 N–H and O–H groups in total. The number of nitrogens with one attached hydrogen (secondary N) is 1. The van der Waals surface area contributed by atoms with Gasteiger partial charge in [0.1, 0.15) is 5.82 Å². The van der Waals surface area contributed by atoms with Crippen molar-refractivity contribution in [1.29, 1.82) is 0 Å². The number of hydrogen-bond acceptors (Lipinski definition) is 6. The van der Waals surface area contributed by atoms with E-state index in [1.54, 1.807) is 6.92 Å². The van der Waals surface area contributed by atoms with Crippen LogP contribution in [0.5, 0.6) is 0 Å². The van der Waals surface area contributed by atoms with Crippen LogP contribution >= 0.6 is 0 Å². The topological polar surface area (TPSA) is 107 Å². The van der Waals surface area contributed by atoms with Gasteiger partial charge >= 0.3 is 5.97 Å². The van der Waals surface area contributed by atoms with Crippen LogP contribution in [0.15, 0.2) is 41.3 Å². The summed E-state index contributed by atoms with van der Waals surface area (Å²) in [4.78, 5) is 35.3. The standard InChI is InChI=1S/C19H18FNO6S/c1-11-4-6-14(28(3,25)26)9-16(11)19(24)27-10-18(23)15-7-5-13(8-17(15)20)21-12(2)22/h4-9H,10H2,1-3H3,(H,21,22). The van der Waals surface area contributed by atoms with Gasteiger partial charge in [-0.3, -0.25) is 9.59 Å². The minimum Gasteiger partial charge on any atom is -0.454 e. The van der Waals surface area contributed by atoms with E-state index in [0.717, 1.165) is 12.3 Å². The Kier molecular flexibility index (Phi) is 6.30. The van der Waals surface area contributed by atoms with E-state index < -0.39 is 34.0 Å². The average Bonchev–Trinajstić information content (AvgIpc) is 2.58. The number of amides is 1. The third-order valence-corrected chi connectivity index (χ3v) is 4.89. The van der Waals surface area contributed by atoms with E-state index in [0.29, 0.717) is 5.56 Å². The summed E-state index contributed by atoms with van der Waals surface area (Å²) in [5, 5.41) is 2.38. The lowest BCUT2D eigenvalue weighted by molar-refractivity contribution is -0.114. The van der Waals surface area contributed by atoms with Crippen LogP contribution in [-0.2, 0) is 19.4 Å². The van der Waals surface area contributed by atoms with Gasteiger partial charge in [-0.2, -0.15) is 0 Å². The predicted molar refractivity (Wildman–Crippen MR) is 99.6 cm³/mol. The zero-order chi connectivity index (χ0) is 21.1. The fourth-order valence-electron chi connectivity index (χ4n) is 2.36. The number of halogens is 1.